The molecule has 9 heteroatoms. The van der Waals surface area contributed by atoms with Gasteiger partial charge >= 0.3 is 0 Å². The normalized spacial score (nSPS) is 25.5. The van der Waals surface area contributed by atoms with Crippen LogP contribution in [-0.4, -0.2) is 43.6 Å². The average molecular weight is 349 g/mol. The Kier molecular flexibility index (Phi) is 3.05. The number of alkyl halides is 2. The van der Waals surface area contributed by atoms with Crippen LogP contribution in [-0.2, 0) is 0 Å². The number of aromatic amines is 1. The molecule has 3 fully saturated rings. The molecule has 0 radical (unpaired) electrons. The number of likely N-dealkylation sites (tertiary alicyclic amines) is 1. The Morgan fingerprint density at radius 3 is 2.76 bits per heavy atom. The summed E-state index contributed by atoms with van der Waals surface area (Å²) in [5, 5.41) is 10.7. The standard InChI is InChI=1S/C16H17F2N5O2/c17-16(18)6-12(14-19-13(22-25-14)9-3-4-9)23(7-16)15(24)11-5-10(20-21-11)8-1-2-8/h5,8-9,12H,1-4,6-7H2,(H,20,21)/t12-/m0/s1. The lowest BCUT2D eigenvalue weighted by atomic mass is 10.2. The van der Waals surface area contributed by atoms with Crippen molar-refractivity contribution in [1.82, 2.24) is 25.2 Å². The fourth-order valence-corrected chi connectivity index (χ4v) is 3.34. The van der Waals surface area contributed by atoms with Crippen LogP contribution in [0.4, 0.5) is 8.78 Å². The zero-order chi connectivity index (χ0) is 17.2. The van der Waals surface area contributed by atoms with Gasteiger partial charge in [0.2, 0.25) is 5.89 Å². The number of nitrogens with one attached hydrogen (secondary N) is 1. The topological polar surface area (TPSA) is 87.9 Å². The van der Waals surface area contributed by atoms with Crippen molar-refractivity contribution in [1.29, 1.82) is 0 Å². The molecule has 7 nitrogen and oxygen atoms in total. The first-order chi connectivity index (χ1) is 12.0. The first-order valence-electron chi connectivity index (χ1n) is 8.58. The zero-order valence-corrected chi connectivity index (χ0v) is 13.4. The molecule has 1 amide bonds. The highest BCUT2D eigenvalue weighted by molar-refractivity contribution is 5.93. The summed E-state index contributed by atoms with van der Waals surface area (Å²) < 4.78 is 33.2. The van der Waals surface area contributed by atoms with Crippen LogP contribution in [0.25, 0.3) is 0 Å². The van der Waals surface area contributed by atoms with Gasteiger partial charge in [0.25, 0.3) is 11.8 Å². The van der Waals surface area contributed by atoms with E-state index in [4.69, 9.17) is 4.52 Å². The minimum Gasteiger partial charge on any atom is -0.337 e. The summed E-state index contributed by atoms with van der Waals surface area (Å²) in [5.41, 5.74) is 1.05. The van der Waals surface area contributed by atoms with Crippen LogP contribution in [0.2, 0.25) is 0 Å². The van der Waals surface area contributed by atoms with Gasteiger partial charge in [-0.25, -0.2) is 8.78 Å². The summed E-state index contributed by atoms with van der Waals surface area (Å²) in [6.45, 7) is -0.663. The van der Waals surface area contributed by atoms with Gasteiger partial charge in [-0.15, -0.1) is 0 Å². The summed E-state index contributed by atoms with van der Waals surface area (Å²) in [5.74, 6) is -2.21. The second-order valence-electron chi connectivity index (χ2n) is 7.26. The van der Waals surface area contributed by atoms with Crippen LogP contribution in [0.5, 0.6) is 0 Å². The first-order valence-corrected chi connectivity index (χ1v) is 8.58. The van der Waals surface area contributed by atoms with Crippen LogP contribution < -0.4 is 0 Å². The van der Waals surface area contributed by atoms with E-state index in [0.29, 0.717) is 11.7 Å². The number of carbonyl (C=O) groups excluding carboxylic acids is 1. The van der Waals surface area contributed by atoms with E-state index in [1.165, 1.54) is 0 Å². The summed E-state index contributed by atoms with van der Waals surface area (Å²) in [4.78, 5) is 18.1. The van der Waals surface area contributed by atoms with Gasteiger partial charge in [0, 0.05) is 24.0 Å². The molecule has 132 valence electrons. The van der Waals surface area contributed by atoms with E-state index in [9.17, 15) is 13.6 Å². The third-order valence-electron chi connectivity index (χ3n) is 5.05. The van der Waals surface area contributed by atoms with Crippen molar-refractivity contribution < 1.29 is 18.1 Å². The van der Waals surface area contributed by atoms with Crippen LogP contribution in [0.15, 0.2) is 10.6 Å². The maximum atomic E-state index is 14.0. The SMILES string of the molecule is O=C(c1cc(C2CC2)[nH]n1)N1CC(F)(F)C[C@H]1c1nc(C2CC2)no1. The fourth-order valence-electron chi connectivity index (χ4n) is 3.34. The molecule has 3 aliphatic rings. The number of hydrogen-bond acceptors (Lipinski definition) is 5. The van der Waals surface area contributed by atoms with E-state index in [1.807, 2.05) is 0 Å². The van der Waals surface area contributed by atoms with Crippen molar-refractivity contribution in [2.24, 2.45) is 0 Å². The minimum absolute atomic E-state index is 0.0883. The number of H-pyrrole nitrogens is 1. The molecule has 2 aromatic rings. The van der Waals surface area contributed by atoms with Crippen molar-refractivity contribution in [3.05, 3.63) is 29.2 Å². The summed E-state index contributed by atoms with van der Waals surface area (Å²) >= 11 is 0. The molecule has 0 spiro atoms. The highest BCUT2D eigenvalue weighted by Gasteiger charge is 2.50. The van der Waals surface area contributed by atoms with Gasteiger partial charge < -0.3 is 9.42 Å². The van der Waals surface area contributed by atoms with Gasteiger partial charge in [0.05, 0.1) is 6.54 Å². The van der Waals surface area contributed by atoms with Crippen LogP contribution >= 0.6 is 0 Å². The Morgan fingerprint density at radius 1 is 1.28 bits per heavy atom. The van der Waals surface area contributed by atoms with Gasteiger partial charge in [-0.2, -0.15) is 10.1 Å². The van der Waals surface area contributed by atoms with Gasteiger partial charge in [0.1, 0.15) is 11.7 Å². The van der Waals surface area contributed by atoms with E-state index in [2.05, 4.69) is 20.3 Å². The lowest BCUT2D eigenvalue weighted by Crippen LogP contribution is -2.33. The number of amides is 1. The largest absolute Gasteiger partial charge is 0.337 e. The van der Waals surface area contributed by atoms with Crippen molar-refractivity contribution in [3.63, 3.8) is 0 Å². The summed E-state index contributed by atoms with van der Waals surface area (Å²) in [6.07, 6.45) is 3.59. The molecule has 5 rings (SSSR count). The van der Waals surface area contributed by atoms with E-state index >= 15 is 0 Å². The molecule has 1 atom stereocenters. The Hall–Kier alpha value is -2.32. The Morgan fingerprint density at radius 2 is 2.04 bits per heavy atom. The molecule has 0 bridgehead atoms. The molecule has 1 N–H and O–H groups in total. The number of halogens is 2. The molecule has 2 aliphatic carbocycles. The van der Waals surface area contributed by atoms with Crippen molar-refractivity contribution in [2.45, 2.75) is 55.9 Å². The molecule has 3 heterocycles. The number of rotatable bonds is 4. The maximum absolute atomic E-state index is 14.0. The Balaban J connectivity index is 1.42. The minimum atomic E-state index is -2.98. The Labute approximate surface area is 141 Å². The number of hydrogen-bond donors (Lipinski definition) is 1. The second-order valence-corrected chi connectivity index (χ2v) is 7.26. The third kappa shape index (κ3) is 2.71. The maximum Gasteiger partial charge on any atom is 0.275 e. The first kappa shape index (κ1) is 15.0. The van der Waals surface area contributed by atoms with Crippen LogP contribution in [0.1, 0.15) is 77.9 Å². The van der Waals surface area contributed by atoms with Crippen LogP contribution in [0, 0.1) is 0 Å². The quantitative estimate of drug-likeness (QED) is 0.917. The zero-order valence-electron chi connectivity index (χ0n) is 13.4. The third-order valence-corrected chi connectivity index (χ3v) is 5.05. The molecule has 0 unspecified atom stereocenters. The molecule has 2 aromatic heterocycles. The lowest BCUT2D eigenvalue weighted by molar-refractivity contribution is 0.0116. The summed E-state index contributed by atoms with van der Waals surface area (Å²) in [6, 6.07) is 0.750. The molecular weight excluding hydrogens is 332 g/mol. The van der Waals surface area contributed by atoms with E-state index in [-0.39, 0.29) is 17.5 Å². The predicted octanol–water partition coefficient (Wildman–Crippen LogP) is 2.77. The molecular formula is C16H17F2N5O2. The van der Waals surface area contributed by atoms with E-state index in [1.54, 1.807) is 6.07 Å². The average Bonchev–Trinajstić information content (AvgIpc) is 3.48. The molecule has 2 saturated carbocycles. The monoisotopic (exact) mass is 349 g/mol. The van der Waals surface area contributed by atoms with Crippen LogP contribution in [0.3, 0.4) is 0 Å². The lowest BCUT2D eigenvalue weighted by Gasteiger charge is -2.19. The van der Waals surface area contributed by atoms with Gasteiger partial charge in [-0.3, -0.25) is 9.89 Å². The van der Waals surface area contributed by atoms with Gasteiger partial charge in [-0.1, -0.05) is 5.16 Å². The van der Waals surface area contributed by atoms with E-state index in [0.717, 1.165) is 36.3 Å². The number of nitrogens with zero attached hydrogens (tertiary/aromatic N) is 4. The highest BCUT2D eigenvalue weighted by Crippen LogP contribution is 2.44. The van der Waals surface area contributed by atoms with Crippen molar-refractivity contribution >= 4 is 5.91 Å². The summed E-state index contributed by atoms with van der Waals surface area (Å²) in [7, 11) is 0. The van der Waals surface area contributed by atoms with E-state index < -0.39 is 30.8 Å². The smallest absolute Gasteiger partial charge is 0.275 e. The molecule has 0 aromatic carbocycles. The van der Waals surface area contributed by atoms with Crippen molar-refractivity contribution in [2.75, 3.05) is 6.54 Å². The fraction of sp³-hybridized carbons (Fsp3) is 0.625. The second kappa shape index (κ2) is 5.09. The Bertz CT molecular complexity index is 824. The molecule has 25 heavy (non-hydrogen) atoms. The highest BCUT2D eigenvalue weighted by atomic mass is 19.3. The van der Waals surface area contributed by atoms with Gasteiger partial charge in [-0.05, 0) is 31.7 Å². The number of carbonyl (C=O) groups is 1. The van der Waals surface area contributed by atoms with Crippen molar-refractivity contribution in [3.8, 4) is 0 Å². The molecule has 1 aliphatic heterocycles. The van der Waals surface area contributed by atoms with Gasteiger partial charge in [0.15, 0.2) is 5.82 Å². The predicted molar refractivity (Wildman–Crippen MR) is 80.2 cm³/mol. The number of aromatic nitrogens is 4. The molecule has 1 saturated heterocycles.